The number of methoxy groups -OCH3 is 2. The van der Waals surface area contributed by atoms with Crippen molar-refractivity contribution in [2.75, 3.05) is 53.7 Å². The lowest BCUT2D eigenvalue weighted by atomic mass is 10.0. The molecule has 1 aliphatic rings. The molecule has 32 heavy (non-hydrogen) atoms. The summed E-state index contributed by atoms with van der Waals surface area (Å²) in [5, 5.41) is 2.07. The molecule has 0 saturated heterocycles. The zero-order chi connectivity index (χ0) is 22.9. The quantitative estimate of drug-likeness (QED) is 0.482. The number of para-hydroxylation sites is 1. The maximum absolute atomic E-state index is 13.4. The summed E-state index contributed by atoms with van der Waals surface area (Å²) in [7, 11) is 3.10. The Morgan fingerprint density at radius 2 is 2.00 bits per heavy atom. The van der Waals surface area contributed by atoms with Crippen molar-refractivity contribution < 1.29 is 23.8 Å². The van der Waals surface area contributed by atoms with Crippen LogP contribution in [-0.4, -0.2) is 75.3 Å². The van der Waals surface area contributed by atoms with Crippen molar-refractivity contribution in [3.05, 3.63) is 51.7 Å². The van der Waals surface area contributed by atoms with Crippen LogP contribution in [0.3, 0.4) is 0 Å². The van der Waals surface area contributed by atoms with E-state index in [0.717, 1.165) is 23.3 Å². The van der Waals surface area contributed by atoms with Gasteiger partial charge < -0.3 is 24.0 Å². The molecule has 3 rings (SSSR count). The second-order valence-electron chi connectivity index (χ2n) is 7.82. The summed E-state index contributed by atoms with van der Waals surface area (Å²) in [6.07, 6.45) is 1.48. The van der Waals surface area contributed by atoms with E-state index >= 15 is 0 Å². The Balaban J connectivity index is 1.74. The predicted molar refractivity (Wildman–Crippen MR) is 124 cm³/mol. The van der Waals surface area contributed by atoms with Crippen molar-refractivity contribution in [1.82, 2.24) is 9.80 Å². The lowest BCUT2D eigenvalue weighted by Gasteiger charge is -2.37. The van der Waals surface area contributed by atoms with Gasteiger partial charge in [0.05, 0.1) is 12.6 Å². The Morgan fingerprint density at radius 1 is 1.19 bits per heavy atom. The number of benzene rings is 1. The number of thiophene rings is 1. The summed E-state index contributed by atoms with van der Waals surface area (Å²) in [5.74, 6) is 0.540. The molecule has 0 N–H and O–H groups in total. The molecular formula is C24H32N2O5S. The van der Waals surface area contributed by atoms with Gasteiger partial charge in [-0.1, -0.05) is 18.2 Å². The van der Waals surface area contributed by atoms with Crippen LogP contribution >= 0.6 is 11.3 Å². The number of amides is 2. The Bertz CT molecular complexity index is 900. The molecule has 0 fully saturated rings. The summed E-state index contributed by atoms with van der Waals surface area (Å²) >= 11 is 1.72. The molecule has 0 unspecified atom stereocenters. The first kappa shape index (κ1) is 24.2. The fourth-order valence-corrected chi connectivity index (χ4v) is 4.85. The predicted octanol–water partition coefficient (Wildman–Crippen LogP) is 3.07. The molecule has 0 aliphatic carbocycles. The summed E-state index contributed by atoms with van der Waals surface area (Å²) in [6, 6.07) is 9.77. The molecule has 2 aromatic rings. The lowest BCUT2D eigenvalue weighted by molar-refractivity contribution is -0.144. The van der Waals surface area contributed by atoms with Gasteiger partial charge in [-0.15, -0.1) is 11.3 Å². The number of carbonyl (C=O) groups excluding carboxylic acids is 2. The molecule has 0 spiro atoms. The third kappa shape index (κ3) is 6.09. The molecule has 1 aromatic carbocycles. The fourth-order valence-electron chi connectivity index (χ4n) is 3.92. The van der Waals surface area contributed by atoms with Gasteiger partial charge in [0, 0.05) is 38.8 Å². The Kier molecular flexibility index (Phi) is 9.08. The van der Waals surface area contributed by atoms with Gasteiger partial charge in [0.25, 0.3) is 0 Å². The van der Waals surface area contributed by atoms with Gasteiger partial charge >= 0.3 is 0 Å². The molecular weight excluding hydrogens is 428 g/mol. The van der Waals surface area contributed by atoms with Crippen LogP contribution in [0.1, 0.15) is 28.5 Å². The van der Waals surface area contributed by atoms with E-state index in [2.05, 4.69) is 11.4 Å². The first-order valence-electron chi connectivity index (χ1n) is 10.8. The number of carbonyl (C=O) groups is 2. The summed E-state index contributed by atoms with van der Waals surface area (Å²) in [6.45, 7) is 3.94. The van der Waals surface area contributed by atoms with Crippen LogP contribution in [0.4, 0.5) is 0 Å². The number of aryl methyl sites for hydroxylation is 1. The maximum Gasteiger partial charge on any atom is 0.249 e. The van der Waals surface area contributed by atoms with E-state index in [1.165, 1.54) is 12.0 Å². The average Bonchev–Trinajstić information content (AvgIpc) is 3.27. The van der Waals surface area contributed by atoms with Crippen molar-refractivity contribution >= 4 is 23.2 Å². The smallest absolute Gasteiger partial charge is 0.249 e. The monoisotopic (exact) mass is 460 g/mol. The molecule has 2 amide bonds. The molecule has 0 saturated carbocycles. The average molecular weight is 461 g/mol. The molecule has 1 aromatic heterocycles. The normalized spacial score (nSPS) is 15.3. The van der Waals surface area contributed by atoms with E-state index in [0.29, 0.717) is 32.7 Å². The molecule has 1 atom stereocenters. The van der Waals surface area contributed by atoms with Gasteiger partial charge in [-0.05, 0) is 48.4 Å². The van der Waals surface area contributed by atoms with Crippen molar-refractivity contribution in [3.8, 4) is 5.75 Å². The second-order valence-corrected chi connectivity index (χ2v) is 8.82. The van der Waals surface area contributed by atoms with Crippen molar-refractivity contribution in [1.29, 1.82) is 0 Å². The lowest BCUT2D eigenvalue weighted by Crippen LogP contribution is -2.48. The highest BCUT2D eigenvalue weighted by atomic mass is 32.1. The third-order valence-corrected chi connectivity index (χ3v) is 6.63. The van der Waals surface area contributed by atoms with Crippen LogP contribution in [-0.2, 0) is 25.5 Å². The Labute approximate surface area is 193 Å². The van der Waals surface area contributed by atoms with Gasteiger partial charge in [0.15, 0.2) is 0 Å². The fraction of sp³-hybridized carbons (Fsp3) is 0.500. The van der Waals surface area contributed by atoms with E-state index in [9.17, 15) is 9.59 Å². The van der Waals surface area contributed by atoms with Crippen LogP contribution in [0, 0.1) is 6.92 Å². The van der Waals surface area contributed by atoms with Crippen LogP contribution in [0.25, 0.3) is 0 Å². The second kappa shape index (κ2) is 12.0. The number of nitrogens with zero attached hydrogens (tertiary/aromatic N) is 2. The van der Waals surface area contributed by atoms with E-state index in [-0.39, 0.29) is 31.0 Å². The Morgan fingerprint density at radius 3 is 2.75 bits per heavy atom. The van der Waals surface area contributed by atoms with Crippen LogP contribution in [0.2, 0.25) is 0 Å². The van der Waals surface area contributed by atoms with E-state index in [1.807, 2.05) is 36.1 Å². The third-order valence-electron chi connectivity index (χ3n) is 5.63. The largest absolute Gasteiger partial charge is 0.491 e. The van der Waals surface area contributed by atoms with Crippen LogP contribution in [0.5, 0.6) is 5.75 Å². The van der Waals surface area contributed by atoms with Gasteiger partial charge in [-0.25, -0.2) is 0 Å². The van der Waals surface area contributed by atoms with Crippen molar-refractivity contribution in [2.24, 2.45) is 0 Å². The highest BCUT2D eigenvalue weighted by Gasteiger charge is 2.33. The maximum atomic E-state index is 13.4. The number of rotatable bonds is 11. The van der Waals surface area contributed by atoms with Crippen LogP contribution < -0.4 is 4.74 Å². The van der Waals surface area contributed by atoms with Gasteiger partial charge in [0.2, 0.25) is 11.8 Å². The molecule has 0 radical (unpaired) electrons. The first-order valence-corrected chi connectivity index (χ1v) is 11.7. The molecule has 8 heteroatoms. The minimum atomic E-state index is -0.196. The zero-order valence-electron chi connectivity index (χ0n) is 19.0. The van der Waals surface area contributed by atoms with Gasteiger partial charge in [-0.2, -0.15) is 0 Å². The molecule has 1 aliphatic heterocycles. The zero-order valence-corrected chi connectivity index (χ0v) is 19.9. The minimum absolute atomic E-state index is 0.0201. The summed E-state index contributed by atoms with van der Waals surface area (Å²) in [5.41, 5.74) is 2.19. The number of ether oxygens (including phenoxy) is 3. The van der Waals surface area contributed by atoms with Gasteiger partial charge in [-0.3, -0.25) is 9.59 Å². The summed E-state index contributed by atoms with van der Waals surface area (Å²) < 4.78 is 16.3. The SMILES string of the molecule is COCCCN(CC(=O)N1CCc2sccc2[C@@H]1COc1ccccc1C)C(=O)COC. The van der Waals surface area contributed by atoms with Crippen molar-refractivity contribution in [3.63, 3.8) is 0 Å². The van der Waals surface area contributed by atoms with E-state index in [1.54, 1.807) is 23.3 Å². The molecule has 7 nitrogen and oxygen atoms in total. The van der Waals surface area contributed by atoms with Crippen LogP contribution in [0.15, 0.2) is 35.7 Å². The minimum Gasteiger partial charge on any atom is -0.491 e. The Hall–Kier alpha value is -2.42. The molecule has 2 heterocycles. The highest BCUT2D eigenvalue weighted by molar-refractivity contribution is 7.10. The number of hydrogen-bond acceptors (Lipinski definition) is 6. The van der Waals surface area contributed by atoms with E-state index < -0.39 is 0 Å². The van der Waals surface area contributed by atoms with E-state index in [4.69, 9.17) is 14.2 Å². The topological polar surface area (TPSA) is 68.3 Å². The number of hydrogen-bond donors (Lipinski definition) is 0. The molecule has 174 valence electrons. The highest BCUT2D eigenvalue weighted by Crippen LogP contribution is 2.34. The van der Waals surface area contributed by atoms with Crippen molar-refractivity contribution in [2.45, 2.75) is 25.8 Å². The number of fused-ring (bicyclic) bond motifs is 1. The first-order chi connectivity index (χ1) is 15.5. The summed E-state index contributed by atoms with van der Waals surface area (Å²) in [4.78, 5) is 30.6. The van der Waals surface area contributed by atoms with Gasteiger partial charge in [0.1, 0.15) is 19.0 Å². The standard InChI is InChI=1S/C24H32N2O5S/c1-18-7-4-5-8-21(18)31-16-20-19-10-14-32-22(19)9-12-26(20)23(27)15-25(11-6-13-29-2)24(28)17-30-3/h4-5,7-8,10,14,20H,6,9,11-13,15-17H2,1-3H3/t20-/m0/s1. The molecule has 0 bridgehead atoms.